The van der Waals surface area contributed by atoms with Crippen LogP contribution in [-0.2, 0) is 4.79 Å². The molecule has 1 heterocycles. The van der Waals surface area contributed by atoms with E-state index in [1.54, 1.807) is 17.0 Å². The Bertz CT molecular complexity index is 1070. The number of piperazine rings is 1. The number of hydrogen-bond acceptors (Lipinski definition) is 4. The minimum atomic E-state index is -0.486. The van der Waals surface area contributed by atoms with Gasteiger partial charge in [-0.15, -0.1) is 11.8 Å². The molecule has 5 nitrogen and oxygen atoms in total. The SMILES string of the molecule is O=C(CSc1ccccc1)Nc1ccc(N2CCN(C(=O)c3ccccc3F)CC2)cc1. The summed E-state index contributed by atoms with van der Waals surface area (Å²) in [5.41, 5.74) is 1.90. The molecular weight excluding hydrogens is 425 g/mol. The van der Waals surface area contributed by atoms with Crippen molar-refractivity contribution in [1.29, 1.82) is 0 Å². The van der Waals surface area contributed by atoms with Crippen LogP contribution in [-0.4, -0.2) is 48.6 Å². The van der Waals surface area contributed by atoms with E-state index in [1.807, 2.05) is 54.6 Å². The molecule has 2 amide bonds. The number of rotatable bonds is 6. The highest BCUT2D eigenvalue weighted by Gasteiger charge is 2.24. The Morgan fingerprint density at radius 3 is 2.19 bits per heavy atom. The zero-order valence-electron chi connectivity index (χ0n) is 17.5. The number of halogens is 1. The van der Waals surface area contributed by atoms with Crippen LogP contribution >= 0.6 is 11.8 Å². The van der Waals surface area contributed by atoms with E-state index in [0.29, 0.717) is 31.9 Å². The van der Waals surface area contributed by atoms with Crippen molar-refractivity contribution >= 4 is 35.0 Å². The Labute approximate surface area is 191 Å². The van der Waals surface area contributed by atoms with Crippen LogP contribution in [0.15, 0.2) is 83.8 Å². The maximum atomic E-state index is 13.9. The monoisotopic (exact) mass is 449 g/mol. The fourth-order valence-electron chi connectivity index (χ4n) is 3.59. The lowest BCUT2D eigenvalue weighted by Gasteiger charge is -2.36. The Hall–Kier alpha value is -3.32. The molecule has 4 rings (SSSR count). The van der Waals surface area contributed by atoms with Gasteiger partial charge in [0.1, 0.15) is 5.82 Å². The molecular formula is C25H24FN3O2S. The minimum Gasteiger partial charge on any atom is -0.368 e. The molecule has 0 unspecified atom stereocenters. The van der Waals surface area contributed by atoms with Gasteiger partial charge in [-0.3, -0.25) is 9.59 Å². The van der Waals surface area contributed by atoms with E-state index in [2.05, 4.69) is 10.2 Å². The molecule has 0 radical (unpaired) electrons. The summed E-state index contributed by atoms with van der Waals surface area (Å²) < 4.78 is 13.9. The van der Waals surface area contributed by atoms with Crippen LogP contribution in [0.5, 0.6) is 0 Å². The molecule has 1 N–H and O–H groups in total. The third-order valence-corrected chi connectivity index (χ3v) is 6.31. The van der Waals surface area contributed by atoms with E-state index in [0.717, 1.165) is 16.3 Å². The lowest BCUT2D eigenvalue weighted by molar-refractivity contribution is -0.113. The van der Waals surface area contributed by atoms with Crippen LogP contribution in [0, 0.1) is 5.82 Å². The summed E-state index contributed by atoms with van der Waals surface area (Å²) in [5, 5.41) is 2.92. The van der Waals surface area contributed by atoms with Crippen molar-refractivity contribution in [3.8, 4) is 0 Å². The van der Waals surface area contributed by atoms with Crippen molar-refractivity contribution in [3.05, 3.63) is 90.2 Å². The van der Waals surface area contributed by atoms with Crippen LogP contribution in [0.25, 0.3) is 0 Å². The first kappa shape index (κ1) is 21.9. The summed E-state index contributed by atoms with van der Waals surface area (Å²) in [6, 6.07) is 23.6. The topological polar surface area (TPSA) is 52.7 Å². The van der Waals surface area contributed by atoms with Gasteiger partial charge in [-0.05, 0) is 48.5 Å². The van der Waals surface area contributed by atoms with Crippen LogP contribution in [0.1, 0.15) is 10.4 Å². The quantitative estimate of drug-likeness (QED) is 0.563. The van der Waals surface area contributed by atoms with Crippen LogP contribution in [0.4, 0.5) is 15.8 Å². The van der Waals surface area contributed by atoms with E-state index in [-0.39, 0.29) is 17.4 Å². The molecule has 0 saturated carbocycles. The molecule has 0 bridgehead atoms. The van der Waals surface area contributed by atoms with Crippen LogP contribution in [0.2, 0.25) is 0 Å². The normalized spacial score (nSPS) is 13.7. The smallest absolute Gasteiger partial charge is 0.256 e. The molecule has 0 atom stereocenters. The van der Waals surface area contributed by atoms with Gasteiger partial charge >= 0.3 is 0 Å². The average molecular weight is 450 g/mol. The van der Waals surface area contributed by atoms with Gasteiger partial charge in [-0.1, -0.05) is 30.3 Å². The van der Waals surface area contributed by atoms with Gasteiger partial charge in [-0.25, -0.2) is 4.39 Å². The number of benzene rings is 3. The number of carbonyl (C=O) groups is 2. The number of thioether (sulfide) groups is 1. The Morgan fingerprint density at radius 1 is 0.844 bits per heavy atom. The molecule has 0 aromatic heterocycles. The van der Waals surface area contributed by atoms with E-state index >= 15 is 0 Å². The molecule has 3 aromatic carbocycles. The van der Waals surface area contributed by atoms with Crippen molar-refractivity contribution < 1.29 is 14.0 Å². The van der Waals surface area contributed by atoms with Crippen LogP contribution in [0.3, 0.4) is 0 Å². The maximum Gasteiger partial charge on any atom is 0.256 e. The average Bonchev–Trinajstić information content (AvgIpc) is 2.84. The molecule has 32 heavy (non-hydrogen) atoms. The first-order valence-electron chi connectivity index (χ1n) is 10.5. The molecule has 1 fully saturated rings. The van der Waals surface area contributed by atoms with Crippen molar-refractivity contribution in [3.63, 3.8) is 0 Å². The number of nitrogens with one attached hydrogen (secondary N) is 1. The highest BCUT2D eigenvalue weighted by Crippen LogP contribution is 2.22. The summed E-state index contributed by atoms with van der Waals surface area (Å²) in [6.45, 7) is 2.39. The Kier molecular flexibility index (Phi) is 7.07. The predicted molar refractivity (Wildman–Crippen MR) is 127 cm³/mol. The number of nitrogens with zero attached hydrogens (tertiary/aromatic N) is 2. The molecule has 3 aromatic rings. The fraction of sp³-hybridized carbons (Fsp3) is 0.200. The Balaban J connectivity index is 1.27. The summed E-state index contributed by atoms with van der Waals surface area (Å²) in [5.74, 6) is -0.454. The number of anilines is 2. The Morgan fingerprint density at radius 2 is 1.50 bits per heavy atom. The third kappa shape index (κ3) is 5.48. The van der Waals surface area contributed by atoms with Gasteiger partial charge in [0.05, 0.1) is 11.3 Å². The molecule has 0 aliphatic carbocycles. The van der Waals surface area contributed by atoms with Crippen molar-refractivity contribution in [2.75, 3.05) is 42.1 Å². The van der Waals surface area contributed by atoms with Gasteiger partial charge < -0.3 is 15.1 Å². The summed E-state index contributed by atoms with van der Waals surface area (Å²) >= 11 is 1.50. The molecule has 1 aliphatic heterocycles. The minimum absolute atomic E-state index is 0.0492. The lowest BCUT2D eigenvalue weighted by Crippen LogP contribution is -2.49. The number of amides is 2. The second-order valence-corrected chi connectivity index (χ2v) is 8.50. The fourth-order valence-corrected chi connectivity index (χ4v) is 4.31. The van der Waals surface area contributed by atoms with Gasteiger partial charge in [0.15, 0.2) is 0 Å². The second-order valence-electron chi connectivity index (χ2n) is 7.46. The third-order valence-electron chi connectivity index (χ3n) is 5.30. The highest BCUT2D eigenvalue weighted by molar-refractivity contribution is 8.00. The van der Waals surface area contributed by atoms with Crippen molar-refractivity contribution in [2.45, 2.75) is 4.90 Å². The van der Waals surface area contributed by atoms with E-state index in [4.69, 9.17) is 0 Å². The van der Waals surface area contributed by atoms with Crippen molar-refractivity contribution in [2.24, 2.45) is 0 Å². The first-order chi connectivity index (χ1) is 15.6. The molecule has 1 aliphatic rings. The van der Waals surface area contributed by atoms with Gasteiger partial charge in [-0.2, -0.15) is 0 Å². The maximum absolute atomic E-state index is 13.9. The molecule has 1 saturated heterocycles. The first-order valence-corrected chi connectivity index (χ1v) is 11.5. The standard InChI is InChI=1S/C25H24FN3O2S/c26-23-9-5-4-8-22(23)25(31)29-16-14-28(15-17-29)20-12-10-19(11-13-20)27-24(30)18-32-21-6-2-1-3-7-21/h1-13H,14-18H2,(H,27,30). The van der Waals surface area contributed by atoms with E-state index in [9.17, 15) is 14.0 Å². The summed E-state index contributed by atoms with van der Waals surface area (Å²) in [4.78, 5) is 29.7. The van der Waals surface area contributed by atoms with Crippen LogP contribution < -0.4 is 10.2 Å². The zero-order chi connectivity index (χ0) is 22.3. The van der Waals surface area contributed by atoms with Gasteiger partial charge in [0.25, 0.3) is 5.91 Å². The molecule has 7 heteroatoms. The second kappa shape index (κ2) is 10.3. The number of carbonyl (C=O) groups excluding carboxylic acids is 2. The lowest BCUT2D eigenvalue weighted by atomic mass is 10.1. The van der Waals surface area contributed by atoms with Gasteiger partial charge in [0, 0.05) is 42.4 Å². The summed E-state index contributed by atoms with van der Waals surface area (Å²) in [6.07, 6.45) is 0. The summed E-state index contributed by atoms with van der Waals surface area (Å²) in [7, 11) is 0. The zero-order valence-corrected chi connectivity index (χ0v) is 18.4. The van der Waals surface area contributed by atoms with Crippen molar-refractivity contribution in [1.82, 2.24) is 4.90 Å². The highest BCUT2D eigenvalue weighted by atomic mass is 32.2. The molecule has 0 spiro atoms. The molecule has 164 valence electrons. The predicted octanol–water partition coefficient (Wildman–Crippen LogP) is 4.52. The van der Waals surface area contributed by atoms with Gasteiger partial charge in [0.2, 0.25) is 5.91 Å². The largest absolute Gasteiger partial charge is 0.368 e. The number of hydrogen-bond donors (Lipinski definition) is 1. The van der Waals surface area contributed by atoms with E-state index < -0.39 is 5.82 Å². The van der Waals surface area contributed by atoms with E-state index in [1.165, 1.54) is 23.9 Å².